The fourth-order valence-electron chi connectivity index (χ4n) is 3.05. The summed E-state index contributed by atoms with van der Waals surface area (Å²) in [6.45, 7) is 12.0. The van der Waals surface area contributed by atoms with Crippen LogP contribution in [0.1, 0.15) is 41.8 Å². The van der Waals surface area contributed by atoms with Gasteiger partial charge in [-0.05, 0) is 75.2 Å². The number of carbonyl (C=O) groups excluding carboxylic acids is 1. The second-order valence-electron chi connectivity index (χ2n) is 7.25. The first-order chi connectivity index (χ1) is 13.8. The minimum Gasteiger partial charge on any atom is -0.352 e. The molecule has 0 spiro atoms. The van der Waals surface area contributed by atoms with Crippen LogP contribution in [0.3, 0.4) is 0 Å². The molecular formula is C22H32N3O3S+. The molecule has 0 bridgehead atoms. The van der Waals surface area contributed by atoms with E-state index in [4.69, 9.17) is 0 Å². The summed E-state index contributed by atoms with van der Waals surface area (Å²) in [6, 6.07) is 11.4. The van der Waals surface area contributed by atoms with Gasteiger partial charge in [0.1, 0.15) is 0 Å². The van der Waals surface area contributed by atoms with Gasteiger partial charge in [0.2, 0.25) is 0 Å². The maximum atomic E-state index is 12.6. The molecule has 0 atom stereocenters. The van der Waals surface area contributed by atoms with Crippen molar-refractivity contribution < 1.29 is 18.1 Å². The standard InChI is InChI=1S/C22H31N3O3S/c1-5-25(6-2)15-7-14-23-22(26)19-9-12-21(13-10-19)29(27,28)24-20-11-8-17(3)18(4)16-20/h8-13,16,24H,5-7,14-15H2,1-4H3,(H,23,26)/p+1. The van der Waals surface area contributed by atoms with Crippen LogP contribution in [0.25, 0.3) is 0 Å². The van der Waals surface area contributed by atoms with Gasteiger partial charge in [-0.1, -0.05) is 6.07 Å². The first-order valence-corrected chi connectivity index (χ1v) is 11.6. The quantitative estimate of drug-likeness (QED) is 0.517. The van der Waals surface area contributed by atoms with E-state index in [1.807, 2.05) is 19.9 Å². The monoisotopic (exact) mass is 418 g/mol. The highest BCUT2D eigenvalue weighted by atomic mass is 32.2. The average Bonchev–Trinajstić information content (AvgIpc) is 2.70. The van der Waals surface area contributed by atoms with Crippen molar-refractivity contribution in [3.05, 3.63) is 59.2 Å². The normalized spacial score (nSPS) is 11.5. The van der Waals surface area contributed by atoms with E-state index in [9.17, 15) is 13.2 Å². The van der Waals surface area contributed by atoms with Crippen LogP contribution < -0.4 is 14.9 Å². The predicted octanol–water partition coefficient (Wildman–Crippen LogP) is 2.15. The summed E-state index contributed by atoms with van der Waals surface area (Å²) in [5.74, 6) is -0.189. The first kappa shape index (κ1) is 22.9. The van der Waals surface area contributed by atoms with Crippen molar-refractivity contribution in [1.29, 1.82) is 0 Å². The van der Waals surface area contributed by atoms with Gasteiger partial charge in [0, 0.05) is 24.2 Å². The molecule has 0 aliphatic heterocycles. The highest BCUT2D eigenvalue weighted by Crippen LogP contribution is 2.19. The van der Waals surface area contributed by atoms with Crippen LogP contribution in [-0.4, -0.2) is 40.5 Å². The highest BCUT2D eigenvalue weighted by molar-refractivity contribution is 7.92. The molecule has 0 fully saturated rings. The highest BCUT2D eigenvalue weighted by Gasteiger charge is 2.15. The van der Waals surface area contributed by atoms with Gasteiger partial charge in [0.25, 0.3) is 15.9 Å². The number of aryl methyl sites for hydroxylation is 2. The number of hydrogen-bond acceptors (Lipinski definition) is 3. The van der Waals surface area contributed by atoms with Crippen LogP contribution in [-0.2, 0) is 10.0 Å². The summed E-state index contributed by atoms with van der Waals surface area (Å²) in [4.78, 5) is 13.9. The molecule has 2 aromatic carbocycles. The molecule has 29 heavy (non-hydrogen) atoms. The number of sulfonamides is 1. The molecule has 0 saturated carbocycles. The molecule has 0 radical (unpaired) electrons. The van der Waals surface area contributed by atoms with E-state index in [1.54, 1.807) is 24.3 Å². The number of amides is 1. The third-order valence-electron chi connectivity index (χ3n) is 5.18. The second-order valence-corrected chi connectivity index (χ2v) is 8.93. The van der Waals surface area contributed by atoms with Crippen LogP contribution in [0.15, 0.2) is 47.4 Å². The zero-order valence-corrected chi connectivity index (χ0v) is 18.5. The zero-order valence-electron chi connectivity index (χ0n) is 17.7. The lowest BCUT2D eigenvalue weighted by Gasteiger charge is -2.15. The lowest BCUT2D eigenvalue weighted by molar-refractivity contribution is -0.896. The molecule has 0 unspecified atom stereocenters. The molecule has 0 heterocycles. The molecule has 2 aromatic rings. The summed E-state index contributed by atoms with van der Waals surface area (Å²) in [5, 5.41) is 2.89. The Kier molecular flexibility index (Phi) is 8.22. The maximum absolute atomic E-state index is 12.6. The van der Waals surface area contributed by atoms with Gasteiger partial charge in [0.15, 0.2) is 0 Å². The molecule has 1 amide bonds. The molecule has 0 aromatic heterocycles. The summed E-state index contributed by atoms with van der Waals surface area (Å²) in [6.07, 6.45) is 0.912. The maximum Gasteiger partial charge on any atom is 0.261 e. The number of rotatable bonds is 10. The van der Waals surface area contributed by atoms with E-state index in [2.05, 4.69) is 23.9 Å². The summed E-state index contributed by atoms with van der Waals surface area (Å²) in [5.41, 5.74) is 3.08. The lowest BCUT2D eigenvalue weighted by Crippen LogP contribution is -3.11. The Labute approximate surface area is 174 Å². The number of quaternary nitrogens is 1. The van der Waals surface area contributed by atoms with Gasteiger partial charge in [0.05, 0.1) is 24.5 Å². The third kappa shape index (κ3) is 6.58. The van der Waals surface area contributed by atoms with Crippen LogP contribution in [0.5, 0.6) is 0 Å². The van der Waals surface area contributed by atoms with Gasteiger partial charge < -0.3 is 10.2 Å². The molecule has 7 heteroatoms. The van der Waals surface area contributed by atoms with E-state index in [0.29, 0.717) is 17.8 Å². The number of anilines is 1. The summed E-state index contributed by atoms with van der Waals surface area (Å²) in [7, 11) is -3.71. The van der Waals surface area contributed by atoms with Gasteiger partial charge in [-0.3, -0.25) is 9.52 Å². The topological polar surface area (TPSA) is 79.7 Å². The fourth-order valence-corrected chi connectivity index (χ4v) is 4.10. The number of nitrogens with one attached hydrogen (secondary N) is 3. The van der Waals surface area contributed by atoms with Gasteiger partial charge in [-0.2, -0.15) is 0 Å². The van der Waals surface area contributed by atoms with Crippen molar-refractivity contribution in [2.45, 2.75) is 39.0 Å². The molecule has 158 valence electrons. The van der Waals surface area contributed by atoms with Crippen molar-refractivity contribution in [2.24, 2.45) is 0 Å². The Morgan fingerprint density at radius 2 is 1.62 bits per heavy atom. The second kappa shape index (κ2) is 10.4. The van der Waals surface area contributed by atoms with E-state index in [1.165, 1.54) is 17.0 Å². The Morgan fingerprint density at radius 1 is 0.966 bits per heavy atom. The van der Waals surface area contributed by atoms with Crippen molar-refractivity contribution >= 4 is 21.6 Å². The van der Waals surface area contributed by atoms with Crippen molar-refractivity contribution in [1.82, 2.24) is 5.32 Å². The van der Waals surface area contributed by atoms with Gasteiger partial charge in [-0.25, -0.2) is 8.42 Å². The van der Waals surface area contributed by atoms with E-state index >= 15 is 0 Å². The van der Waals surface area contributed by atoms with Crippen molar-refractivity contribution in [2.75, 3.05) is 30.9 Å². The number of benzene rings is 2. The number of hydrogen-bond donors (Lipinski definition) is 3. The Morgan fingerprint density at radius 3 is 2.21 bits per heavy atom. The SMILES string of the molecule is CC[NH+](CC)CCCNC(=O)c1ccc(S(=O)(=O)Nc2ccc(C)c(C)c2)cc1. The minimum atomic E-state index is -3.71. The molecule has 3 N–H and O–H groups in total. The minimum absolute atomic E-state index is 0.123. The van der Waals surface area contributed by atoms with E-state index in [-0.39, 0.29) is 10.8 Å². The Balaban J connectivity index is 1.95. The summed E-state index contributed by atoms with van der Waals surface area (Å²) < 4.78 is 27.8. The molecule has 6 nitrogen and oxygen atoms in total. The zero-order chi connectivity index (χ0) is 21.4. The summed E-state index contributed by atoms with van der Waals surface area (Å²) >= 11 is 0. The Bertz CT molecular complexity index is 921. The van der Waals surface area contributed by atoms with Crippen molar-refractivity contribution in [3.63, 3.8) is 0 Å². The molecule has 0 aliphatic rings. The first-order valence-electron chi connectivity index (χ1n) is 10.1. The average molecular weight is 419 g/mol. The molecule has 0 saturated heterocycles. The van der Waals surface area contributed by atoms with Crippen molar-refractivity contribution in [3.8, 4) is 0 Å². The van der Waals surface area contributed by atoms with Crippen LogP contribution in [0.2, 0.25) is 0 Å². The predicted molar refractivity (Wildman–Crippen MR) is 117 cm³/mol. The van der Waals surface area contributed by atoms with Crippen LogP contribution in [0.4, 0.5) is 5.69 Å². The van der Waals surface area contributed by atoms with E-state index in [0.717, 1.165) is 37.2 Å². The number of carbonyl (C=O) groups is 1. The fraction of sp³-hybridized carbons (Fsp3) is 0.409. The smallest absolute Gasteiger partial charge is 0.261 e. The van der Waals surface area contributed by atoms with Crippen LogP contribution in [0, 0.1) is 13.8 Å². The molecule has 2 rings (SSSR count). The Hall–Kier alpha value is -2.38. The van der Waals surface area contributed by atoms with Gasteiger partial charge >= 0.3 is 0 Å². The largest absolute Gasteiger partial charge is 0.352 e. The lowest BCUT2D eigenvalue weighted by atomic mass is 10.1. The van der Waals surface area contributed by atoms with Crippen LogP contribution >= 0.6 is 0 Å². The van der Waals surface area contributed by atoms with E-state index < -0.39 is 10.0 Å². The molecule has 0 aliphatic carbocycles. The molecular weight excluding hydrogens is 386 g/mol. The third-order valence-corrected chi connectivity index (χ3v) is 6.58. The van der Waals surface area contributed by atoms with Gasteiger partial charge in [-0.15, -0.1) is 0 Å².